The molecule has 106 valence electrons. The van der Waals surface area contributed by atoms with Crippen LogP contribution in [-0.4, -0.2) is 10.8 Å². The van der Waals surface area contributed by atoms with Crippen LogP contribution in [0.25, 0.3) is 0 Å². The van der Waals surface area contributed by atoms with Crippen molar-refractivity contribution in [2.24, 2.45) is 0 Å². The van der Waals surface area contributed by atoms with Crippen molar-refractivity contribution < 1.29 is 9.72 Å². The summed E-state index contributed by atoms with van der Waals surface area (Å²) in [5, 5.41) is 13.7. The van der Waals surface area contributed by atoms with E-state index in [4.69, 9.17) is 0 Å². The second-order valence-corrected chi connectivity index (χ2v) is 5.07. The van der Waals surface area contributed by atoms with Crippen LogP contribution in [0.3, 0.4) is 0 Å². The first kappa shape index (κ1) is 13.3. The minimum absolute atomic E-state index is 0.0204. The van der Waals surface area contributed by atoms with Crippen LogP contribution in [0.5, 0.6) is 0 Å². The number of amides is 1. The molecule has 1 unspecified atom stereocenters. The molecule has 2 aromatic carbocycles. The van der Waals surface area contributed by atoms with Gasteiger partial charge >= 0.3 is 0 Å². The summed E-state index contributed by atoms with van der Waals surface area (Å²) in [4.78, 5) is 22.5. The van der Waals surface area contributed by atoms with Crippen LogP contribution in [0.15, 0.2) is 48.5 Å². The minimum Gasteiger partial charge on any atom is -0.345 e. The summed E-state index contributed by atoms with van der Waals surface area (Å²) in [5.74, 6) is -0.277. The average Bonchev–Trinajstić information content (AvgIpc) is 2.91. The largest absolute Gasteiger partial charge is 0.345 e. The number of aryl methyl sites for hydroxylation is 1. The third kappa shape index (κ3) is 2.63. The van der Waals surface area contributed by atoms with Gasteiger partial charge in [-0.2, -0.15) is 0 Å². The first-order valence-electron chi connectivity index (χ1n) is 6.78. The maximum absolute atomic E-state index is 12.3. The number of fused-ring (bicyclic) bond motifs is 1. The van der Waals surface area contributed by atoms with E-state index in [1.165, 1.54) is 23.8 Å². The summed E-state index contributed by atoms with van der Waals surface area (Å²) >= 11 is 0. The van der Waals surface area contributed by atoms with E-state index in [0.717, 1.165) is 18.4 Å². The monoisotopic (exact) mass is 282 g/mol. The van der Waals surface area contributed by atoms with E-state index < -0.39 is 4.92 Å². The van der Waals surface area contributed by atoms with Gasteiger partial charge in [0.15, 0.2) is 0 Å². The number of non-ortho nitro benzene ring substituents is 1. The van der Waals surface area contributed by atoms with Crippen molar-refractivity contribution in [1.82, 2.24) is 5.32 Å². The van der Waals surface area contributed by atoms with Crippen molar-refractivity contribution in [3.63, 3.8) is 0 Å². The smallest absolute Gasteiger partial charge is 0.270 e. The molecule has 1 amide bonds. The van der Waals surface area contributed by atoms with Gasteiger partial charge in [-0.3, -0.25) is 14.9 Å². The molecule has 0 bridgehead atoms. The summed E-state index contributed by atoms with van der Waals surface area (Å²) < 4.78 is 0. The topological polar surface area (TPSA) is 72.2 Å². The van der Waals surface area contributed by atoms with Crippen molar-refractivity contribution in [2.45, 2.75) is 18.9 Å². The molecule has 0 spiro atoms. The molecule has 0 radical (unpaired) electrons. The Labute approximate surface area is 121 Å². The Morgan fingerprint density at radius 1 is 1.19 bits per heavy atom. The third-order valence-corrected chi connectivity index (χ3v) is 3.76. The normalized spacial score (nSPS) is 16.3. The van der Waals surface area contributed by atoms with Crippen LogP contribution < -0.4 is 5.32 Å². The Hall–Kier alpha value is -2.69. The number of carbonyl (C=O) groups excluding carboxylic acids is 1. The minimum atomic E-state index is -0.498. The summed E-state index contributed by atoms with van der Waals surface area (Å²) in [6, 6.07) is 13.8. The molecule has 0 saturated heterocycles. The number of rotatable bonds is 3. The molecular weight excluding hydrogens is 268 g/mol. The third-order valence-electron chi connectivity index (χ3n) is 3.76. The van der Waals surface area contributed by atoms with Gasteiger partial charge in [0.25, 0.3) is 11.6 Å². The highest BCUT2D eigenvalue weighted by Gasteiger charge is 2.24. The van der Waals surface area contributed by atoms with Gasteiger partial charge in [0.2, 0.25) is 0 Å². The quantitative estimate of drug-likeness (QED) is 0.694. The SMILES string of the molecule is O=C(NC1CCc2ccccc21)c1cccc([N+](=O)[O-])c1. The molecule has 3 rings (SSSR count). The number of benzene rings is 2. The van der Waals surface area contributed by atoms with E-state index >= 15 is 0 Å². The van der Waals surface area contributed by atoms with E-state index in [0.29, 0.717) is 5.56 Å². The standard InChI is InChI=1S/C16H14N2O3/c19-16(12-5-3-6-13(10-12)18(20)21)17-15-9-8-11-4-1-2-7-14(11)15/h1-7,10,15H,8-9H2,(H,17,19). The molecule has 0 aromatic heterocycles. The lowest BCUT2D eigenvalue weighted by atomic mass is 10.1. The predicted molar refractivity (Wildman–Crippen MR) is 78.1 cm³/mol. The maximum Gasteiger partial charge on any atom is 0.270 e. The van der Waals surface area contributed by atoms with Crippen molar-refractivity contribution in [3.05, 3.63) is 75.3 Å². The van der Waals surface area contributed by atoms with Crippen molar-refractivity contribution >= 4 is 11.6 Å². The molecule has 1 atom stereocenters. The van der Waals surface area contributed by atoms with Gasteiger partial charge < -0.3 is 5.32 Å². The second-order valence-electron chi connectivity index (χ2n) is 5.07. The fourth-order valence-corrected chi connectivity index (χ4v) is 2.71. The number of hydrogen-bond donors (Lipinski definition) is 1. The van der Waals surface area contributed by atoms with E-state index in [9.17, 15) is 14.9 Å². The zero-order chi connectivity index (χ0) is 14.8. The van der Waals surface area contributed by atoms with Crippen LogP contribution in [-0.2, 0) is 6.42 Å². The van der Waals surface area contributed by atoms with Crippen LogP contribution >= 0.6 is 0 Å². The molecule has 21 heavy (non-hydrogen) atoms. The highest BCUT2D eigenvalue weighted by molar-refractivity contribution is 5.95. The average molecular weight is 282 g/mol. The van der Waals surface area contributed by atoms with E-state index in [1.807, 2.05) is 18.2 Å². The summed E-state index contributed by atoms with van der Waals surface area (Å²) in [6.45, 7) is 0. The van der Waals surface area contributed by atoms with Gasteiger partial charge in [-0.1, -0.05) is 30.3 Å². The molecule has 2 aromatic rings. The molecule has 0 fully saturated rings. The van der Waals surface area contributed by atoms with Crippen LogP contribution in [0.1, 0.15) is 33.9 Å². The Morgan fingerprint density at radius 3 is 2.81 bits per heavy atom. The predicted octanol–water partition coefficient (Wildman–Crippen LogP) is 3.01. The van der Waals surface area contributed by atoms with Crippen LogP contribution in [0.2, 0.25) is 0 Å². The van der Waals surface area contributed by atoms with E-state index in [2.05, 4.69) is 11.4 Å². The summed E-state index contributed by atoms with van der Waals surface area (Å²) in [7, 11) is 0. The second kappa shape index (κ2) is 5.36. The molecule has 5 heteroatoms. The lowest BCUT2D eigenvalue weighted by molar-refractivity contribution is -0.384. The van der Waals surface area contributed by atoms with Gasteiger partial charge in [0.1, 0.15) is 0 Å². The maximum atomic E-state index is 12.3. The summed E-state index contributed by atoms with van der Waals surface area (Å²) in [5.41, 5.74) is 2.63. The van der Waals surface area contributed by atoms with Crippen LogP contribution in [0.4, 0.5) is 5.69 Å². The summed E-state index contributed by atoms with van der Waals surface area (Å²) in [6.07, 6.45) is 1.80. The zero-order valence-electron chi connectivity index (χ0n) is 11.3. The molecule has 1 aliphatic rings. The van der Waals surface area contributed by atoms with Crippen LogP contribution in [0, 0.1) is 10.1 Å². The lowest BCUT2D eigenvalue weighted by Gasteiger charge is -2.14. The van der Waals surface area contributed by atoms with Crippen molar-refractivity contribution in [3.8, 4) is 0 Å². The van der Waals surface area contributed by atoms with Gasteiger partial charge in [-0.05, 0) is 30.0 Å². The fourth-order valence-electron chi connectivity index (χ4n) is 2.71. The lowest BCUT2D eigenvalue weighted by Crippen LogP contribution is -2.27. The van der Waals surface area contributed by atoms with E-state index in [-0.39, 0.29) is 17.6 Å². The highest BCUT2D eigenvalue weighted by Crippen LogP contribution is 2.31. The van der Waals surface area contributed by atoms with Gasteiger partial charge in [-0.25, -0.2) is 0 Å². The highest BCUT2D eigenvalue weighted by atomic mass is 16.6. The number of hydrogen-bond acceptors (Lipinski definition) is 3. The van der Waals surface area contributed by atoms with Crippen molar-refractivity contribution in [1.29, 1.82) is 0 Å². The Bertz CT molecular complexity index is 712. The molecule has 5 nitrogen and oxygen atoms in total. The molecule has 0 saturated carbocycles. The Balaban J connectivity index is 1.79. The van der Waals surface area contributed by atoms with Gasteiger partial charge in [0.05, 0.1) is 11.0 Å². The van der Waals surface area contributed by atoms with Gasteiger partial charge in [-0.15, -0.1) is 0 Å². The number of nitro benzene ring substituents is 1. The van der Waals surface area contributed by atoms with Crippen molar-refractivity contribution in [2.75, 3.05) is 0 Å². The molecular formula is C16H14N2O3. The van der Waals surface area contributed by atoms with E-state index in [1.54, 1.807) is 6.07 Å². The molecule has 1 aliphatic carbocycles. The fraction of sp³-hybridized carbons (Fsp3) is 0.188. The zero-order valence-corrected chi connectivity index (χ0v) is 11.3. The number of carbonyl (C=O) groups is 1. The number of nitrogens with zero attached hydrogens (tertiary/aromatic N) is 1. The number of nitrogens with one attached hydrogen (secondary N) is 1. The molecule has 1 N–H and O–H groups in total. The Morgan fingerprint density at radius 2 is 2.00 bits per heavy atom. The number of nitro groups is 1. The first-order chi connectivity index (χ1) is 10.1. The molecule has 0 aliphatic heterocycles. The first-order valence-corrected chi connectivity index (χ1v) is 6.78. The molecule has 0 heterocycles. The van der Waals surface area contributed by atoms with Gasteiger partial charge in [0, 0.05) is 17.7 Å². The Kier molecular flexibility index (Phi) is 3.39.